The molecule has 27 heavy (non-hydrogen) atoms. The molecule has 0 spiro atoms. The van der Waals surface area contributed by atoms with Crippen molar-refractivity contribution in [2.24, 2.45) is 0 Å². The summed E-state index contributed by atoms with van der Waals surface area (Å²) in [5, 5.41) is 3.80. The summed E-state index contributed by atoms with van der Waals surface area (Å²) in [7, 11) is 0. The van der Waals surface area contributed by atoms with Crippen LogP contribution in [0.4, 0.5) is 13.2 Å². The molecule has 1 aliphatic heterocycles. The van der Waals surface area contributed by atoms with Gasteiger partial charge in [-0.1, -0.05) is 17.3 Å². The van der Waals surface area contributed by atoms with Crippen molar-refractivity contribution in [1.82, 2.24) is 15.0 Å². The zero-order valence-electron chi connectivity index (χ0n) is 13.9. The highest BCUT2D eigenvalue weighted by Gasteiger charge is 2.35. The molecule has 1 saturated heterocycles. The lowest BCUT2D eigenvalue weighted by molar-refractivity contribution is -0.137. The van der Waals surface area contributed by atoms with Crippen LogP contribution in [0.25, 0.3) is 11.4 Å². The molecule has 9 heteroatoms. The highest BCUT2D eigenvalue weighted by molar-refractivity contribution is 5.94. The third-order valence-corrected chi connectivity index (χ3v) is 4.46. The van der Waals surface area contributed by atoms with Gasteiger partial charge in [0.25, 0.3) is 5.91 Å². The number of amides is 1. The average molecular weight is 377 g/mol. The molecule has 1 atom stereocenters. The van der Waals surface area contributed by atoms with Gasteiger partial charge in [0.15, 0.2) is 0 Å². The van der Waals surface area contributed by atoms with Crippen molar-refractivity contribution >= 4 is 5.91 Å². The molecule has 1 fully saturated rings. The van der Waals surface area contributed by atoms with Crippen molar-refractivity contribution in [2.45, 2.75) is 25.1 Å². The highest BCUT2D eigenvalue weighted by Crippen LogP contribution is 2.35. The number of furan rings is 1. The van der Waals surface area contributed by atoms with Crippen molar-refractivity contribution in [1.29, 1.82) is 0 Å². The van der Waals surface area contributed by atoms with Gasteiger partial charge in [0.1, 0.15) is 12.3 Å². The summed E-state index contributed by atoms with van der Waals surface area (Å²) in [5.74, 6) is 0.0422. The Balaban J connectivity index is 1.60. The Bertz CT molecular complexity index is 950. The Morgan fingerprint density at radius 2 is 2.11 bits per heavy atom. The zero-order chi connectivity index (χ0) is 19.0. The molecule has 2 aromatic heterocycles. The molecule has 6 nitrogen and oxygen atoms in total. The van der Waals surface area contributed by atoms with Crippen LogP contribution in [-0.2, 0) is 6.18 Å². The Labute approximate surface area is 151 Å². The number of aromatic nitrogens is 2. The Morgan fingerprint density at radius 3 is 2.85 bits per heavy atom. The van der Waals surface area contributed by atoms with E-state index in [2.05, 4.69) is 10.1 Å². The summed E-state index contributed by atoms with van der Waals surface area (Å²) >= 11 is 0. The summed E-state index contributed by atoms with van der Waals surface area (Å²) in [6, 6.07) is 5.87. The van der Waals surface area contributed by atoms with Crippen molar-refractivity contribution in [3.05, 3.63) is 59.9 Å². The fourth-order valence-electron chi connectivity index (χ4n) is 3.14. The standard InChI is InChI=1S/C18H14F3N3O3/c19-18(20,21)13-4-1-3-11(9-13)15-22-16(27-23-15)14-5-2-7-24(14)17(25)12-6-8-26-10-12/h1,3-4,6,8-10,14H,2,5,7H2. The summed E-state index contributed by atoms with van der Waals surface area (Å²) in [6.07, 6.45) is -0.290. The second-order valence-corrected chi connectivity index (χ2v) is 6.20. The molecule has 0 radical (unpaired) electrons. The number of nitrogens with zero attached hydrogens (tertiary/aromatic N) is 3. The quantitative estimate of drug-likeness (QED) is 0.680. The number of hydrogen-bond donors (Lipinski definition) is 0. The maximum absolute atomic E-state index is 12.9. The van der Waals surface area contributed by atoms with Crippen molar-refractivity contribution < 1.29 is 26.9 Å². The molecule has 0 aliphatic carbocycles. The Kier molecular flexibility index (Phi) is 4.21. The molecule has 1 unspecified atom stereocenters. The predicted octanol–water partition coefficient (Wildman–Crippen LogP) is 4.33. The number of hydrogen-bond acceptors (Lipinski definition) is 5. The molecule has 0 saturated carbocycles. The molecule has 0 N–H and O–H groups in total. The predicted molar refractivity (Wildman–Crippen MR) is 86.5 cm³/mol. The lowest BCUT2D eigenvalue weighted by Gasteiger charge is -2.20. The van der Waals surface area contributed by atoms with Crippen LogP contribution < -0.4 is 0 Å². The van der Waals surface area contributed by atoms with E-state index in [1.807, 2.05) is 0 Å². The van der Waals surface area contributed by atoms with E-state index in [1.165, 1.54) is 24.7 Å². The third kappa shape index (κ3) is 3.32. The monoisotopic (exact) mass is 377 g/mol. The first-order valence-electron chi connectivity index (χ1n) is 8.28. The molecule has 3 heterocycles. The van der Waals surface area contributed by atoms with E-state index in [-0.39, 0.29) is 23.2 Å². The second-order valence-electron chi connectivity index (χ2n) is 6.20. The number of carbonyl (C=O) groups excluding carboxylic acids is 1. The molecular weight excluding hydrogens is 363 g/mol. The second kappa shape index (κ2) is 6.57. The van der Waals surface area contributed by atoms with Crippen molar-refractivity contribution in [3.63, 3.8) is 0 Å². The smallest absolute Gasteiger partial charge is 0.416 e. The number of rotatable bonds is 3. The third-order valence-electron chi connectivity index (χ3n) is 4.46. The fourth-order valence-corrected chi connectivity index (χ4v) is 3.14. The molecule has 0 bridgehead atoms. The van der Waals surface area contributed by atoms with Crippen LogP contribution >= 0.6 is 0 Å². The van der Waals surface area contributed by atoms with E-state index in [0.29, 0.717) is 18.5 Å². The molecule has 1 aromatic carbocycles. The first kappa shape index (κ1) is 17.3. The molecule has 140 valence electrons. The van der Waals surface area contributed by atoms with Gasteiger partial charge in [0.2, 0.25) is 11.7 Å². The van der Waals surface area contributed by atoms with Gasteiger partial charge in [-0.2, -0.15) is 18.2 Å². The van der Waals surface area contributed by atoms with E-state index in [4.69, 9.17) is 8.94 Å². The highest BCUT2D eigenvalue weighted by atomic mass is 19.4. The van der Waals surface area contributed by atoms with Gasteiger partial charge in [-0.3, -0.25) is 4.79 Å². The van der Waals surface area contributed by atoms with Gasteiger partial charge in [0, 0.05) is 12.1 Å². The van der Waals surface area contributed by atoms with Crippen LogP contribution in [0.3, 0.4) is 0 Å². The van der Waals surface area contributed by atoms with E-state index in [1.54, 1.807) is 11.0 Å². The van der Waals surface area contributed by atoms with Crippen LogP contribution in [0.1, 0.15) is 40.7 Å². The number of alkyl halides is 3. The first-order valence-corrected chi connectivity index (χ1v) is 8.28. The molecular formula is C18H14F3N3O3. The van der Waals surface area contributed by atoms with E-state index in [0.717, 1.165) is 18.6 Å². The number of benzene rings is 1. The minimum absolute atomic E-state index is 0.0544. The van der Waals surface area contributed by atoms with Gasteiger partial charge in [0.05, 0.1) is 17.4 Å². The maximum Gasteiger partial charge on any atom is 0.416 e. The lowest BCUT2D eigenvalue weighted by Crippen LogP contribution is -2.30. The van der Waals surface area contributed by atoms with Crippen LogP contribution in [0.15, 0.2) is 51.8 Å². The minimum atomic E-state index is -4.46. The topological polar surface area (TPSA) is 72.4 Å². The van der Waals surface area contributed by atoms with Gasteiger partial charge < -0.3 is 13.8 Å². The lowest BCUT2D eigenvalue weighted by atomic mass is 10.1. The number of halogens is 3. The van der Waals surface area contributed by atoms with Crippen molar-refractivity contribution in [3.8, 4) is 11.4 Å². The number of carbonyl (C=O) groups is 1. The summed E-state index contributed by atoms with van der Waals surface area (Å²) in [5.41, 5.74) is -0.172. The molecule has 1 aliphatic rings. The Morgan fingerprint density at radius 1 is 1.26 bits per heavy atom. The SMILES string of the molecule is O=C(c1ccoc1)N1CCCC1c1nc(-c2cccc(C(F)(F)F)c2)no1. The van der Waals surface area contributed by atoms with E-state index >= 15 is 0 Å². The van der Waals surface area contributed by atoms with Crippen LogP contribution in [0, 0.1) is 0 Å². The van der Waals surface area contributed by atoms with Crippen LogP contribution in [-0.4, -0.2) is 27.5 Å². The summed E-state index contributed by atoms with van der Waals surface area (Å²) < 4.78 is 48.9. The van der Waals surface area contributed by atoms with E-state index in [9.17, 15) is 18.0 Å². The molecule has 3 aromatic rings. The largest absolute Gasteiger partial charge is 0.472 e. The normalized spacial score (nSPS) is 17.4. The van der Waals surface area contributed by atoms with Crippen LogP contribution in [0.5, 0.6) is 0 Å². The fraction of sp³-hybridized carbons (Fsp3) is 0.278. The van der Waals surface area contributed by atoms with Gasteiger partial charge >= 0.3 is 6.18 Å². The summed E-state index contributed by atoms with van der Waals surface area (Å²) in [4.78, 5) is 18.4. The van der Waals surface area contributed by atoms with Gasteiger partial charge in [-0.25, -0.2) is 0 Å². The maximum atomic E-state index is 12.9. The van der Waals surface area contributed by atoms with Gasteiger partial charge in [-0.05, 0) is 31.0 Å². The molecule has 4 rings (SSSR count). The summed E-state index contributed by atoms with van der Waals surface area (Å²) in [6.45, 7) is 0.524. The first-order chi connectivity index (χ1) is 12.9. The number of likely N-dealkylation sites (tertiary alicyclic amines) is 1. The van der Waals surface area contributed by atoms with E-state index < -0.39 is 17.8 Å². The zero-order valence-corrected chi connectivity index (χ0v) is 13.9. The Hall–Kier alpha value is -3.10. The van der Waals surface area contributed by atoms with Gasteiger partial charge in [-0.15, -0.1) is 0 Å². The van der Waals surface area contributed by atoms with Crippen molar-refractivity contribution in [2.75, 3.05) is 6.54 Å². The molecule has 1 amide bonds. The average Bonchev–Trinajstić information content (AvgIpc) is 3.41. The minimum Gasteiger partial charge on any atom is -0.472 e. The van der Waals surface area contributed by atoms with Crippen LogP contribution in [0.2, 0.25) is 0 Å².